The normalized spacial score (nSPS) is 7.83. The van der Waals surface area contributed by atoms with Crippen molar-refractivity contribution in [3.8, 4) is 12.3 Å². The van der Waals surface area contributed by atoms with Gasteiger partial charge in [-0.05, 0) is 24.3 Å². The zero-order valence-corrected chi connectivity index (χ0v) is 7.18. The van der Waals surface area contributed by atoms with Gasteiger partial charge in [-0.15, -0.1) is 6.42 Å². The van der Waals surface area contributed by atoms with E-state index < -0.39 is 0 Å². The Morgan fingerprint density at radius 1 is 1.42 bits per heavy atom. The first-order chi connectivity index (χ1) is 5.70. The molecule has 0 saturated heterocycles. The predicted molar refractivity (Wildman–Crippen MR) is 49.3 cm³/mol. The first-order valence-corrected chi connectivity index (χ1v) is 3.63. The van der Waals surface area contributed by atoms with Crippen LogP contribution in [-0.4, -0.2) is 6.54 Å². The average molecular weight is 186 g/mol. The molecular formula is C9H9ClFN. The number of halogens is 2. The topological polar surface area (TPSA) is 26.0 Å². The summed E-state index contributed by atoms with van der Waals surface area (Å²) in [6, 6.07) is 5.67. The molecule has 0 fully saturated rings. The predicted octanol–water partition coefficient (Wildman–Crippen LogP) is 2.06. The Balaban J connectivity index is 0.000000261. The number of nitrogens with two attached hydrogens (primary N) is 1. The van der Waals surface area contributed by atoms with Crippen molar-refractivity contribution in [2.75, 3.05) is 6.54 Å². The Labute approximate surface area is 76.3 Å². The second kappa shape index (κ2) is 6.66. The molecule has 0 aliphatic carbocycles. The van der Waals surface area contributed by atoms with Crippen molar-refractivity contribution in [2.24, 2.45) is 5.73 Å². The number of benzene rings is 1. The standard InChI is InChI=1S/C6H4ClF.C3H5N/c7-5-1-3-6(8)4-2-5;1-2-3-4/h1-4H;1H,3-4H2. The van der Waals surface area contributed by atoms with Gasteiger partial charge < -0.3 is 5.73 Å². The average Bonchev–Trinajstić information content (AvgIpc) is 2.11. The summed E-state index contributed by atoms with van der Waals surface area (Å²) in [5, 5.41) is 0.561. The Morgan fingerprint density at radius 3 is 2.08 bits per heavy atom. The van der Waals surface area contributed by atoms with E-state index in [0.29, 0.717) is 11.6 Å². The third-order valence-electron chi connectivity index (χ3n) is 0.921. The van der Waals surface area contributed by atoms with Gasteiger partial charge in [0.25, 0.3) is 0 Å². The van der Waals surface area contributed by atoms with Gasteiger partial charge in [0, 0.05) is 5.02 Å². The van der Waals surface area contributed by atoms with Crippen LogP contribution >= 0.6 is 11.6 Å². The molecule has 1 aromatic carbocycles. The molecule has 0 aromatic heterocycles. The minimum Gasteiger partial charge on any atom is -0.320 e. The molecule has 2 N–H and O–H groups in total. The molecule has 0 saturated carbocycles. The summed E-state index contributed by atoms with van der Waals surface area (Å²) in [4.78, 5) is 0. The molecule has 3 heteroatoms. The van der Waals surface area contributed by atoms with Gasteiger partial charge >= 0.3 is 0 Å². The molecule has 0 aliphatic heterocycles. The van der Waals surface area contributed by atoms with Crippen molar-refractivity contribution in [3.63, 3.8) is 0 Å². The van der Waals surface area contributed by atoms with Crippen molar-refractivity contribution in [3.05, 3.63) is 35.1 Å². The van der Waals surface area contributed by atoms with E-state index in [2.05, 4.69) is 12.3 Å². The molecule has 1 rings (SSSR count). The Kier molecular flexibility index (Phi) is 6.08. The second-order valence-electron chi connectivity index (χ2n) is 1.84. The van der Waals surface area contributed by atoms with Gasteiger partial charge in [-0.2, -0.15) is 0 Å². The summed E-state index contributed by atoms with van der Waals surface area (Å²) >= 11 is 5.44. The van der Waals surface area contributed by atoms with Gasteiger partial charge in [0.2, 0.25) is 0 Å². The summed E-state index contributed by atoms with van der Waals surface area (Å²) in [6.07, 6.45) is 4.65. The molecule has 0 atom stereocenters. The zero-order chi connectivity index (χ0) is 9.40. The molecule has 0 unspecified atom stereocenters. The van der Waals surface area contributed by atoms with E-state index >= 15 is 0 Å². The van der Waals surface area contributed by atoms with Gasteiger partial charge in [0.05, 0.1) is 6.54 Å². The molecule has 0 heterocycles. The Morgan fingerprint density at radius 2 is 1.83 bits per heavy atom. The van der Waals surface area contributed by atoms with Gasteiger partial charge in [-0.25, -0.2) is 4.39 Å². The smallest absolute Gasteiger partial charge is 0.123 e. The van der Waals surface area contributed by atoms with E-state index in [-0.39, 0.29) is 5.82 Å². The summed E-state index contributed by atoms with van der Waals surface area (Å²) in [6.45, 7) is 0.347. The fourth-order valence-electron chi connectivity index (χ4n) is 0.430. The molecule has 0 amide bonds. The van der Waals surface area contributed by atoms with E-state index in [1.165, 1.54) is 24.3 Å². The molecule has 1 aromatic rings. The lowest BCUT2D eigenvalue weighted by Gasteiger charge is -1.84. The minimum absolute atomic E-state index is 0.255. The maximum Gasteiger partial charge on any atom is 0.123 e. The lowest BCUT2D eigenvalue weighted by Crippen LogP contribution is -1.91. The van der Waals surface area contributed by atoms with Crippen molar-refractivity contribution < 1.29 is 4.39 Å². The van der Waals surface area contributed by atoms with Gasteiger partial charge in [-0.1, -0.05) is 17.5 Å². The fraction of sp³-hybridized carbons (Fsp3) is 0.111. The first kappa shape index (κ1) is 11.0. The van der Waals surface area contributed by atoms with Gasteiger partial charge in [0.1, 0.15) is 5.82 Å². The SMILES string of the molecule is C#CCN.Fc1ccc(Cl)cc1. The van der Waals surface area contributed by atoms with Crippen molar-refractivity contribution in [1.29, 1.82) is 0 Å². The second-order valence-corrected chi connectivity index (χ2v) is 2.28. The van der Waals surface area contributed by atoms with E-state index in [1.54, 1.807) is 0 Å². The molecule has 0 spiro atoms. The lowest BCUT2D eigenvalue weighted by molar-refractivity contribution is 0.628. The van der Waals surface area contributed by atoms with Crippen LogP contribution in [0.3, 0.4) is 0 Å². The quantitative estimate of drug-likeness (QED) is 0.616. The highest BCUT2D eigenvalue weighted by molar-refractivity contribution is 6.30. The zero-order valence-electron chi connectivity index (χ0n) is 6.43. The minimum atomic E-state index is -0.255. The summed E-state index contributed by atoms with van der Waals surface area (Å²) in [5.41, 5.74) is 4.79. The van der Waals surface area contributed by atoms with Crippen molar-refractivity contribution in [1.82, 2.24) is 0 Å². The summed E-state index contributed by atoms with van der Waals surface area (Å²) < 4.78 is 12.0. The van der Waals surface area contributed by atoms with Crippen LogP contribution in [0.4, 0.5) is 4.39 Å². The maximum absolute atomic E-state index is 12.0. The molecule has 12 heavy (non-hydrogen) atoms. The van der Waals surface area contributed by atoms with Gasteiger partial charge in [-0.3, -0.25) is 0 Å². The molecule has 1 nitrogen and oxygen atoms in total. The maximum atomic E-state index is 12.0. The largest absolute Gasteiger partial charge is 0.320 e. The molecule has 0 bridgehead atoms. The lowest BCUT2D eigenvalue weighted by atomic mass is 10.4. The molecule has 64 valence electrons. The van der Waals surface area contributed by atoms with Crippen LogP contribution in [0.25, 0.3) is 0 Å². The van der Waals surface area contributed by atoms with Crippen LogP contribution in [0, 0.1) is 18.2 Å². The number of rotatable bonds is 0. The first-order valence-electron chi connectivity index (χ1n) is 3.25. The van der Waals surface area contributed by atoms with Crippen LogP contribution in [-0.2, 0) is 0 Å². The van der Waals surface area contributed by atoms with E-state index in [1.807, 2.05) is 0 Å². The highest BCUT2D eigenvalue weighted by Gasteiger charge is 1.85. The molecule has 0 radical (unpaired) electrons. The highest BCUT2D eigenvalue weighted by Crippen LogP contribution is 2.07. The number of hydrogen-bond donors (Lipinski definition) is 1. The van der Waals surface area contributed by atoms with Crippen LogP contribution in [0.2, 0.25) is 5.02 Å². The third kappa shape index (κ3) is 5.72. The van der Waals surface area contributed by atoms with Crippen LogP contribution < -0.4 is 5.73 Å². The van der Waals surface area contributed by atoms with Crippen LogP contribution in [0.15, 0.2) is 24.3 Å². The van der Waals surface area contributed by atoms with E-state index in [0.717, 1.165) is 0 Å². The molecule has 0 aliphatic rings. The van der Waals surface area contributed by atoms with E-state index in [9.17, 15) is 4.39 Å². The Bertz CT molecular complexity index is 229. The fourth-order valence-corrected chi connectivity index (χ4v) is 0.556. The van der Waals surface area contributed by atoms with Crippen molar-refractivity contribution >= 4 is 11.6 Å². The van der Waals surface area contributed by atoms with Crippen LogP contribution in [0.1, 0.15) is 0 Å². The number of hydrogen-bond acceptors (Lipinski definition) is 1. The number of terminal acetylenes is 1. The van der Waals surface area contributed by atoms with Gasteiger partial charge in [0.15, 0.2) is 0 Å². The van der Waals surface area contributed by atoms with E-state index in [4.69, 9.17) is 17.3 Å². The monoisotopic (exact) mass is 185 g/mol. The van der Waals surface area contributed by atoms with Crippen molar-refractivity contribution in [2.45, 2.75) is 0 Å². The third-order valence-corrected chi connectivity index (χ3v) is 1.17. The summed E-state index contributed by atoms with van der Waals surface area (Å²) in [5.74, 6) is 1.95. The Hall–Kier alpha value is -1.04. The molecular weight excluding hydrogens is 177 g/mol. The summed E-state index contributed by atoms with van der Waals surface area (Å²) in [7, 11) is 0. The van der Waals surface area contributed by atoms with Crippen LogP contribution in [0.5, 0.6) is 0 Å². The highest BCUT2D eigenvalue weighted by atomic mass is 35.5.